The van der Waals surface area contributed by atoms with Gasteiger partial charge in [-0.2, -0.15) is 0 Å². The van der Waals surface area contributed by atoms with Crippen LogP contribution in [0.5, 0.6) is 0 Å². The van der Waals surface area contributed by atoms with Crippen LogP contribution in [-0.4, -0.2) is 47.1 Å². The van der Waals surface area contributed by atoms with Gasteiger partial charge in [0.05, 0.1) is 12.4 Å². The van der Waals surface area contributed by atoms with E-state index < -0.39 is 15.6 Å². The summed E-state index contributed by atoms with van der Waals surface area (Å²) >= 11 is 0. The molecule has 5 nitrogen and oxygen atoms in total. The third-order valence-electron chi connectivity index (χ3n) is 3.11. The smallest absolute Gasteiger partial charge is 0.212 e. The molecule has 0 radical (unpaired) electrons. The van der Waals surface area contributed by atoms with E-state index in [1.807, 2.05) is 30.3 Å². The quantitative estimate of drug-likeness (QED) is 0.744. The Morgan fingerprint density at radius 1 is 1.20 bits per heavy atom. The largest absolute Gasteiger partial charge is 0.382 e. The number of hydrogen-bond acceptors (Lipinski definition) is 4. The van der Waals surface area contributed by atoms with Crippen LogP contribution in [0.3, 0.4) is 0 Å². The van der Waals surface area contributed by atoms with E-state index in [1.54, 1.807) is 14.0 Å². The van der Waals surface area contributed by atoms with Crippen LogP contribution < -0.4 is 4.72 Å². The lowest BCUT2D eigenvalue weighted by molar-refractivity contribution is -0.0460. The molecule has 0 aromatic heterocycles. The van der Waals surface area contributed by atoms with Gasteiger partial charge < -0.3 is 9.47 Å². The minimum atomic E-state index is -3.33. The lowest BCUT2D eigenvalue weighted by Gasteiger charge is -2.27. The van der Waals surface area contributed by atoms with Crippen molar-refractivity contribution in [2.75, 3.05) is 33.1 Å². The Bertz CT molecular complexity index is 489. The second kappa shape index (κ2) is 7.73. The summed E-state index contributed by atoms with van der Waals surface area (Å²) in [6.45, 7) is 2.31. The summed E-state index contributed by atoms with van der Waals surface area (Å²) in [5.74, 6) is 0.0593. The van der Waals surface area contributed by atoms with E-state index in [0.717, 1.165) is 5.56 Å². The minimum Gasteiger partial charge on any atom is -0.382 e. The van der Waals surface area contributed by atoms with Gasteiger partial charge in [0.1, 0.15) is 5.60 Å². The van der Waals surface area contributed by atoms with E-state index in [4.69, 9.17) is 9.47 Å². The maximum absolute atomic E-state index is 12.0. The Morgan fingerprint density at radius 2 is 1.85 bits per heavy atom. The Morgan fingerprint density at radius 3 is 2.40 bits per heavy atom. The third-order valence-corrected chi connectivity index (χ3v) is 4.44. The fourth-order valence-electron chi connectivity index (χ4n) is 1.72. The van der Waals surface area contributed by atoms with Crippen molar-refractivity contribution in [1.82, 2.24) is 4.72 Å². The average molecular weight is 301 g/mol. The van der Waals surface area contributed by atoms with Crippen molar-refractivity contribution < 1.29 is 17.9 Å². The molecular formula is C14H23NO4S. The molecule has 1 rings (SSSR count). The van der Waals surface area contributed by atoms with Crippen molar-refractivity contribution in [1.29, 1.82) is 0 Å². The van der Waals surface area contributed by atoms with Crippen LogP contribution in [0.15, 0.2) is 30.3 Å². The summed E-state index contributed by atoms with van der Waals surface area (Å²) in [7, 11) is -0.231. The van der Waals surface area contributed by atoms with Crippen molar-refractivity contribution in [2.45, 2.75) is 18.9 Å². The molecule has 6 heteroatoms. The van der Waals surface area contributed by atoms with E-state index >= 15 is 0 Å². The van der Waals surface area contributed by atoms with Gasteiger partial charge in [-0.3, -0.25) is 0 Å². The molecule has 0 fully saturated rings. The molecule has 0 spiro atoms. The highest BCUT2D eigenvalue weighted by atomic mass is 32.2. The van der Waals surface area contributed by atoms with Crippen molar-refractivity contribution in [3.8, 4) is 0 Å². The molecule has 0 aliphatic carbocycles. The van der Waals surface area contributed by atoms with Crippen LogP contribution in [0.2, 0.25) is 0 Å². The zero-order valence-corrected chi connectivity index (χ0v) is 13.1. The van der Waals surface area contributed by atoms with Crippen molar-refractivity contribution >= 4 is 10.0 Å². The minimum absolute atomic E-state index is 0.0593. The van der Waals surface area contributed by atoms with Gasteiger partial charge in [-0.1, -0.05) is 30.3 Å². The van der Waals surface area contributed by atoms with Gasteiger partial charge in [-0.15, -0.1) is 0 Å². The summed E-state index contributed by atoms with van der Waals surface area (Å²) in [6, 6.07) is 9.54. The zero-order valence-electron chi connectivity index (χ0n) is 12.3. The predicted molar refractivity (Wildman–Crippen MR) is 79.2 cm³/mol. The van der Waals surface area contributed by atoms with Crippen molar-refractivity contribution in [2.24, 2.45) is 0 Å². The van der Waals surface area contributed by atoms with Gasteiger partial charge in [0.15, 0.2) is 0 Å². The number of ether oxygens (including phenoxy) is 2. The van der Waals surface area contributed by atoms with Crippen molar-refractivity contribution in [3.05, 3.63) is 35.9 Å². The Labute approximate surface area is 121 Å². The first-order valence-electron chi connectivity index (χ1n) is 6.46. The predicted octanol–water partition coefficient (Wildman–Crippen LogP) is 1.20. The lowest BCUT2D eigenvalue weighted by Crippen LogP contribution is -2.46. The molecule has 1 N–H and O–H groups in total. The maximum Gasteiger partial charge on any atom is 0.212 e. The van der Waals surface area contributed by atoms with Gasteiger partial charge in [-0.25, -0.2) is 13.1 Å². The second-order valence-electron chi connectivity index (χ2n) is 4.96. The van der Waals surface area contributed by atoms with E-state index in [1.165, 1.54) is 7.11 Å². The van der Waals surface area contributed by atoms with Gasteiger partial charge >= 0.3 is 0 Å². The molecular weight excluding hydrogens is 278 g/mol. The monoisotopic (exact) mass is 301 g/mol. The first-order chi connectivity index (χ1) is 9.41. The Balaban J connectivity index is 2.49. The van der Waals surface area contributed by atoms with Crippen LogP contribution in [0.4, 0.5) is 0 Å². The van der Waals surface area contributed by atoms with Gasteiger partial charge in [0.2, 0.25) is 10.0 Å². The molecule has 0 aliphatic heterocycles. The molecule has 1 atom stereocenters. The summed E-state index contributed by atoms with van der Waals surface area (Å²) in [6.07, 6.45) is 0.490. The van der Waals surface area contributed by atoms with Crippen LogP contribution in [-0.2, 0) is 25.9 Å². The molecule has 1 aromatic carbocycles. The first-order valence-corrected chi connectivity index (χ1v) is 8.11. The topological polar surface area (TPSA) is 64.6 Å². The third kappa shape index (κ3) is 6.00. The Kier molecular flexibility index (Phi) is 6.61. The molecule has 20 heavy (non-hydrogen) atoms. The van der Waals surface area contributed by atoms with Gasteiger partial charge in [0, 0.05) is 20.8 Å². The lowest BCUT2D eigenvalue weighted by atomic mass is 10.1. The van der Waals surface area contributed by atoms with Crippen molar-refractivity contribution in [3.63, 3.8) is 0 Å². The molecule has 0 unspecified atom stereocenters. The molecule has 0 aliphatic rings. The number of hydrogen-bond donors (Lipinski definition) is 1. The number of aryl methyl sites for hydroxylation is 1. The van der Waals surface area contributed by atoms with Crippen LogP contribution in [0.1, 0.15) is 12.5 Å². The highest BCUT2D eigenvalue weighted by Gasteiger charge is 2.25. The molecule has 1 aromatic rings. The van der Waals surface area contributed by atoms with Crippen LogP contribution in [0, 0.1) is 0 Å². The maximum atomic E-state index is 12.0. The Hall–Kier alpha value is -0.950. The molecule has 114 valence electrons. The zero-order chi connectivity index (χ0) is 15.1. The summed E-state index contributed by atoms with van der Waals surface area (Å²) in [4.78, 5) is 0. The number of methoxy groups -OCH3 is 2. The number of sulfonamides is 1. The highest BCUT2D eigenvalue weighted by molar-refractivity contribution is 7.89. The fourth-order valence-corrected chi connectivity index (χ4v) is 2.89. The highest BCUT2D eigenvalue weighted by Crippen LogP contribution is 2.09. The van der Waals surface area contributed by atoms with Crippen LogP contribution in [0.25, 0.3) is 0 Å². The molecule has 0 heterocycles. The normalized spacial score (nSPS) is 14.9. The fraction of sp³-hybridized carbons (Fsp3) is 0.571. The second-order valence-corrected chi connectivity index (χ2v) is 6.89. The average Bonchev–Trinajstić information content (AvgIpc) is 2.45. The van der Waals surface area contributed by atoms with E-state index in [-0.39, 0.29) is 12.3 Å². The van der Waals surface area contributed by atoms with Gasteiger partial charge in [-0.05, 0) is 18.9 Å². The van der Waals surface area contributed by atoms with E-state index in [0.29, 0.717) is 13.0 Å². The van der Waals surface area contributed by atoms with Gasteiger partial charge in [0.25, 0.3) is 0 Å². The molecule has 0 saturated heterocycles. The molecule has 0 bridgehead atoms. The molecule has 0 saturated carbocycles. The SMILES string of the molecule is COC[C@](C)(CNS(=O)(=O)CCc1ccccc1)OC. The summed E-state index contributed by atoms with van der Waals surface area (Å²) < 4.78 is 36.8. The van der Waals surface area contributed by atoms with Crippen LogP contribution >= 0.6 is 0 Å². The number of benzene rings is 1. The first kappa shape index (κ1) is 17.1. The molecule has 0 amide bonds. The number of rotatable bonds is 9. The summed E-state index contributed by atoms with van der Waals surface area (Å²) in [5.41, 5.74) is 0.346. The standard InChI is InChI=1S/C14H23NO4S/c1-14(19-3,12-18-2)11-15-20(16,17)10-9-13-7-5-4-6-8-13/h4-8,15H,9-12H2,1-3H3/t14-/m0/s1. The number of nitrogens with one attached hydrogen (secondary N) is 1. The van der Waals surface area contributed by atoms with E-state index in [2.05, 4.69) is 4.72 Å². The van der Waals surface area contributed by atoms with E-state index in [9.17, 15) is 8.42 Å². The summed E-state index contributed by atoms with van der Waals surface area (Å²) in [5, 5.41) is 0.